The SMILES string of the molecule is CN(CCOCC1CC1)c1ccc(CN)c(F)c1. The molecule has 0 radical (unpaired) electrons. The number of nitrogens with zero attached hydrogens (tertiary/aromatic N) is 1. The molecule has 1 fully saturated rings. The van der Waals surface area contributed by atoms with Crippen molar-refractivity contribution in [3.63, 3.8) is 0 Å². The number of benzene rings is 1. The van der Waals surface area contributed by atoms with Gasteiger partial charge in [0.2, 0.25) is 0 Å². The molecule has 0 saturated heterocycles. The number of likely N-dealkylation sites (N-methyl/N-ethyl adjacent to an activating group) is 1. The molecule has 1 aromatic rings. The molecule has 0 amide bonds. The molecule has 0 aliphatic heterocycles. The highest BCUT2D eigenvalue weighted by atomic mass is 19.1. The van der Waals surface area contributed by atoms with Crippen LogP contribution in [0, 0.1) is 11.7 Å². The number of anilines is 1. The van der Waals surface area contributed by atoms with Crippen molar-refractivity contribution in [2.45, 2.75) is 19.4 Å². The number of hydrogen-bond donors (Lipinski definition) is 1. The van der Waals surface area contributed by atoms with Crippen LogP contribution in [0.25, 0.3) is 0 Å². The number of ether oxygens (including phenoxy) is 1. The number of hydrogen-bond acceptors (Lipinski definition) is 3. The van der Waals surface area contributed by atoms with Gasteiger partial charge in [0.1, 0.15) is 5.82 Å². The highest BCUT2D eigenvalue weighted by Gasteiger charge is 2.20. The molecule has 3 nitrogen and oxygen atoms in total. The van der Waals surface area contributed by atoms with Crippen LogP contribution in [0.1, 0.15) is 18.4 Å². The van der Waals surface area contributed by atoms with E-state index in [0.717, 1.165) is 24.8 Å². The molecule has 0 heterocycles. The maximum absolute atomic E-state index is 13.6. The standard InChI is InChI=1S/C14H21FN2O/c1-17(6-7-18-10-11-2-3-11)13-5-4-12(9-16)14(15)8-13/h4-5,8,11H,2-3,6-7,9-10,16H2,1H3. The summed E-state index contributed by atoms with van der Waals surface area (Å²) < 4.78 is 19.1. The monoisotopic (exact) mass is 252 g/mol. The summed E-state index contributed by atoms with van der Waals surface area (Å²) in [4.78, 5) is 2.00. The van der Waals surface area contributed by atoms with Gasteiger partial charge < -0.3 is 15.4 Å². The van der Waals surface area contributed by atoms with Crippen LogP contribution in [0.15, 0.2) is 18.2 Å². The van der Waals surface area contributed by atoms with E-state index in [0.29, 0.717) is 12.2 Å². The van der Waals surface area contributed by atoms with E-state index >= 15 is 0 Å². The average molecular weight is 252 g/mol. The van der Waals surface area contributed by atoms with E-state index in [2.05, 4.69) is 0 Å². The van der Waals surface area contributed by atoms with Crippen LogP contribution in [0.3, 0.4) is 0 Å². The van der Waals surface area contributed by atoms with Gasteiger partial charge in [0.15, 0.2) is 0 Å². The van der Waals surface area contributed by atoms with Gasteiger partial charge in [-0.1, -0.05) is 6.07 Å². The lowest BCUT2D eigenvalue weighted by atomic mass is 10.2. The molecule has 100 valence electrons. The molecule has 18 heavy (non-hydrogen) atoms. The van der Waals surface area contributed by atoms with Gasteiger partial charge in [-0.3, -0.25) is 0 Å². The van der Waals surface area contributed by atoms with Crippen LogP contribution in [-0.4, -0.2) is 26.8 Å². The topological polar surface area (TPSA) is 38.5 Å². The van der Waals surface area contributed by atoms with Gasteiger partial charge in [-0.2, -0.15) is 0 Å². The van der Waals surface area contributed by atoms with Crippen molar-refractivity contribution in [2.24, 2.45) is 11.7 Å². The molecule has 1 saturated carbocycles. The lowest BCUT2D eigenvalue weighted by Crippen LogP contribution is -2.23. The second-order valence-corrected chi connectivity index (χ2v) is 4.92. The Morgan fingerprint density at radius 3 is 2.83 bits per heavy atom. The van der Waals surface area contributed by atoms with Gasteiger partial charge in [0.25, 0.3) is 0 Å². The molecule has 0 unspecified atom stereocenters. The van der Waals surface area contributed by atoms with Crippen molar-refractivity contribution in [3.05, 3.63) is 29.6 Å². The Labute approximate surface area is 108 Å². The minimum Gasteiger partial charge on any atom is -0.379 e. The van der Waals surface area contributed by atoms with Gasteiger partial charge in [-0.25, -0.2) is 4.39 Å². The van der Waals surface area contributed by atoms with Crippen molar-refractivity contribution in [3.8, 4) is 0 Å². The van der Waals surface area contributed by atoms with E-state index in [-0.39, 0.29) is 12.4 Å². The molecule has 1 aliphatic carbocycles. The fourth-order valence-corrected chi connectivity index (χ4v) is 1.80. The van der Waals surface area contributed by atoms with Gasteiger partial charge in [-0.15, -0.1) is 0 Å². The number of nitrogens with two attached hydrogens (primary N) is 1. The summed E-state index contributed by atoms with van der Waals surface area (Å²) in [6, 6.07) is 5.17. The fraction of sp³-hybridized carbons (Fsp3) is 0.571. The summed E-state index contributed by atoms with van der Waals surface area (Å²) >= 11 is 0. The molecule has 1 aliphatic rings. The lowest BCUT2D eigenvalue weighted by Gasteiger charge is -2.19. The second kappa shape index (κ2) is 6.16. The zero-order valence-corrected chi connectivity index (χ0v) is 10.9. The first-order chi connectivity index (χ1) is 8.70. The molecule has 2 N–H and O–H groups in total. The van der Waals surface area contributed by atoms with Crippen molar-refractivity contribution in [2.75, 3.05) is 31.7 Å². The molecular weight excluding hydrogens is 231 g/mol. The third-order valence-electron chi connectivity index (χ3n) is 3.32. The van der Waals surface area contributed by atoms with E-state index in [9.17, 15) is 4.39 Å². The number of rotatable bonds is 7. The van der Waals surface area contributed by atoms with Crippen LogP contribution >= 0.6 is 0 Å². The van der Waals surface area contributed by atoms with E-state index in [4.69, 9.17) is 10.5 Å². The summed E-state index contributed by atoms with van der Waals surface area (Å²) in [6.07, 6.45) is 2.61. The predicted molar refractivity (Wildman–Crippen MR) is 71.1 cm³/mol. The van der Waals surface area contributed by atoms with Crippen molar-refractivity contribution < 1.29 is 9.13 Å². The average Bonchev–Trinajstić information content (AvgIpc) is 3.18. The maximum atomic E-state index is 13.6. The van der Waals surface area contributed by atoms with E-state index in [1.54, 1.807) is 6.07 Å². The summed E-state index contributed by atoms with van der Waals surface area (Å²) in [5, 5.41) is 0. The first kappa shape index (κ1) is 13.3. The zero-order chi connectivity index (χ0) is 13.0. The quantitative estimate of drug-likeness (QED) is 0.756. The van der Waals surface area contributed by atoms with Crippen molar-refractivity contribution in [1.82, 2.24) is 0 Å². The second-order valence-electron chi connectivity index (χ2n) is 4.92. The highest BCUT2D eigenvalue weighted by molar-refractivity contribution is 5.47. The molecule has 0 aromatic heterocycles. The first-order valence-electron chi connectivity index (χ1n) is 6.48. The van der Waals surface area contributed by atoms with Gasteiger partial charge >= 0.3 is 0 Å². The smallest absolute Gasteiger partial charge is 0.129 e. The molecular formula is C14H21FN2O. The van der Waals surface area contributed by atoms with E-state index in [1.165, 1.54) is 18.9 Å². The zero-order valence-electron chi connectivity index (χ0n) is 10.9. The highest BCUT2D eigenvalue weighted by Crippen LogP contribution is 2.28. The summed E-state index contributed by atoms with van der Waals surface area (Å²) in [6.45, 7) is 2.57. The Kier molecular flexibility index (Phi) is 4.55. The van der Waals surface area contributed by atoms with Crippen LogP contribution in [0.2, 0.25) is 0 Å². The predicted octanol–water partition coefficient (Wildman–Crippen LogP) is 2.15. The summed E-state index contributed by atoms with van der Waals surface area (Å²) in [5.41, 5.74) is 6.85. The van der Waals surface area contributed by atoms with Crippen LogP contribution in [-0.2, 0) is 11.3 Å². The molecule has 2 rings (SSSR count). The Hall–Kier alpha value is -1.13. The molecule has 4 heteroatoms. The maximum Gasteiger partial charge on any atom is 0.129 e. The van der Waals surface area contributed by atoms with Gasteiger partial charge in [0, 0.05) is 38.0 Å². The number of halogens is 1. The van der Waals surface area contributed by atoms with E-state index in [1.807, 2.05) is 18.0 Å². The first-order valence-corrected chi connectivity index (χ1v) is 6.48. The van der Waals surface area contributed by atoms with E-state index < -0.39 is 0 Å². The Morgan fingerprint density at radius 2 is 2.22 bits per heavy atom. The van der Waals surface area contributed by atoms with Crippen LogP contribution < -0.4 is 10.6 Å². The van der Waals surface area contributed by atoms with Crippen LogP contribution in [0.4, 0.5) is 10.1 Å². The fourth-order valence-electron chi connectivity index (χ4n) is 1.80. The molecule has 0 atom stereocenters. The van der Waals surface area contributed by atoms with Crippen molar-refractivity contribution >= 4 is 5.69 Å². The third kappa shape index (κ3) is 3.68. The summed E-state index contributed by atoms with van der Waals surface area (Å²) in [7, 11) is 1.94. The minimum atomic E-state index is -0.235. The Balaban J connectivity index is 1.79. The molecule has 0 bridgehead atoms. The Morgan fingerprint density at radius 1 is 1.44 bits per heavy atom. The third-order valence-corrected chi connectivity index (χ3v) is 3.32. The minimum absolute atomic E-state index is 0.235. The van der Waals surface area contributed by atoms with Gasteiger partial charge in [-0.05, 0) is 30.9 Å². The largest absolute Gasteiger partial charge is 0.379 e. The lowest BCUT2D eigenvalue weighted by molar-refractivity contribution is 0.131. The summed E-state index contributed by atoms with van der Waals surface area (Å²) in [5.74, 6) is 0.553. The molecule has 0 spiro atoms. The van der Waals surface area contributed by atoms with Gasteiger partial charge in [0.05, 0.1) is 6.61 Å². The Bertz CT molecular complexity index is 393. The molecule has 1 aromatic carbocycles. The normalized spacial score (nSPS) is 14.8. The van der Waals surface area contributed by atoms with Crippen LogP contribution in [0.5, 0.6) is 0 Å². The van der Waals surface area contributed by atoms with Crippen molar-refractivity contribution in [1.29, 1.82) is 0 Å².